The van der Waals surface area contributed by atoms with E-state index in [-0.39, 0.29) is 17.6 Å². The first-order chi connectivity index (χ1) is 18.0. The van der Waals surface area contributed by atoms with Gasteiger partial charge < -0.3 is 0 Å². The highest BCUT2D eigenvalue weighted by molar-refractivity contribution is 6.25. The lowest BCUT2D eigenvalue weighted by Crippen LogP contribution is -2.44. The van der Waals surface area contributed by atoms with Crippen LogP contribution in [0.2, 0.25) is 0 Å². The molecule has 37 heavy (non-hydrogen) atoms. The van der Waals surface area contributed by atoms with Gasteiger partial charge in [0, 0.05) is 16.5 Å². The molecule has 2 heterocycles. The van der Waals surface area contributed by atoms with Crippen molar-refractivity contribution in [3.63, 3.8) is 0 Å². The third-order valence-electron chi connectivity index (χ3n) is 6.50. The number of carbonyl (C=O) groups is 2. The summed E-state index contributed by atoms with van der Waals surface area (Å²) in [5.74, 6) is -0.554. The van der Waals surface area contributed by atoms with E-state index in [1.54, 1.807) is 24.3 Å². The van der Waals surface area contributed by atoms with Crippen molar-refractivity contribution in [3.8, 4) is 11.3 Å². The van der Waals surface area contributed by atoms with Crippen LogP contribution < -0.4 is 9.80 Å². The summed E-state index contributed by atoms with van der Waals surface area (Å²) in [7, 11) is 0. The molecule has 1 aliphatic heterocycles. The Morgan fingerprint density at radius 3 is 2.19 bits per heavy atom. The molecule has 1 aliphatic rings. The molecule has 0 unspecified atom stereocenters. The van der Waals surface area contributed by atoms with Gasteiger partial charge in [-0.1, -0.05) is 85.4 Å². The molecule has 4 aromatic carbocycles. The highest BCUT2D eigenvalue weighted by Crippen LogP contribution is 2.42. The Hall–Kier alpha value is -5.10. The van der Waals surface area contributed by atoms with E-state index in [0.29, 0.717) is 22.5 Å². The lowest BCUT2D eigenvalue weighted by Gasteiger charge is -2.36. The highest BCUT2D eigenvalue weighted by Gasteiger charge is 2.39. The Morgan fingerprint density at radius 2 is 1.41 bits per heavy atom. The molecule has 178 valence electrons. The lowest BCUT2D eigenvalue weighted by molar-refractivity contribution is -0.114. The first-order valence-electron chi connectivity index (χ1n) is 11.9. The average Bonchev–Trinajstić information content (AvgIpc) is 2.94. The van der Waals surface area contributed by atoms with Gasteiger partial charge in [0.1, 0.15) is 5.70 Å². The lowest BCUT2D eigenvalue weighted by atomic mass is 10.0. The molecule has 0 atom stereocenters. The monoisotopic (exact) mass is 482 g/mol. The van der Waals surface area contributed by atoms with Gasteiger partial charge in [0.2, 0.25) is 5.95 Å². The molecule has 2 amide bonds. The van der Waals surface area contributed by atoms with Gasteiger partial charge in [-0.15, -0.1) is 0 Å². The number of hydrogen-bond acceptors (Lipinski definition) is 4. The van der Waals surface area contributed by atoms with Crippen molar-refractivity contribution in [2.24, 2.45) is 0 Å². The summed E-state index contributed by atoms with van der Waals surface area (Å²) in [5.41, 5.74) is 4.75. The smallest absolute Gasteiger partial charge is 0.270 e. The zero-order valence-electron chi connectivity index (χ0n) is 20.1. The summed E-state index contributed by atoms with van der Waals surface area (Å²) < 4.78 is 0. The van der Waals surface area contributed by atoms with E-state index < -0.39 is 5.91 Å². The second kappa shape index (κ2) is 8.84. The van der Waals surface area contributed by atoms with Gasteiger partial charge in [0.05, 0.1) is 22.6 Å². The maximum absolute atomic E-state index is 13.9. The molecule has 6 rings (SSSR count). The van der Waals surface area contributed by atoms with Crippen LogP contribution >= 0.6 is 0 Å². The maximum atomic E-state index is 13.9. The molecule has 0 fully saturated rings. The number of carbonyl (C=O) groups excluding carboxylic acids is 2. The predicted octanol–water partition coefficient (Wildman–Crippen LogP) is 6.44. The number of fused-ring (bicyclic) bond motifs is 2. The molecule has 0 saturated heterocycles. The Kier molecular flexibility index (Phi) is 5.34. The summed E-state index contributed by atoms with van der Waals surface area (Å²) in [6.45, 7) is 5.90. The van der Waals surface area contributed by atoms with E-state index in [9.17, 15) is 9.59 Å². The zero-order chi connectivity index (χ0) is 25.5. The number of para-hydroxylation sites is 3. The summed E-state index contributed by atoms with van der Waals surface area (Å²) >= 11 is 0. The number of anilines is 3. The van der Waals surface area contributed by atoms with Crippen molar-refractivity contribution in [2.45, 2.75) is 6.92 Å². The molecule has 5 aromatic rings. The van der Waals surface area contributed by atoms with Crippen molar-refractivity contribution in [2.75, 3.05) is 9.80 Å². The number of benzene rings is 4. The van der Waals surface area contributed by atoms with Crippen LogP contribution in [-0.4, -0.2) is 21.8 Å². The number of rotatable bonds is 3. The van der Waals surface area contributed by atoms with E-state index in [0.717, 1.165) is 22.2 Å². The molecule has 0 saturated carbocycles. The molecule has 0 aliphatic carbocycles. The third kappa shape index (κ3) is 3.67. The Morgan fingerprint density at radius 1 is 0.757 bits per heavy atom. The van der Waals surface area contributed by atoms with Crippen LogP contribution in [0.5, 0.6) is 0 Å². The van der Waals surface area contributed by atoms with E-state index in [1.165, 1.54) is 9.80 Å². The van der Waals surface area contributed by atoms with E-state index in [4.69, 9.17) is 9.97 Å². The fourth-order valence-corrected chi connectivity index (χ4v) is 4.67. The highest BCUT2D eigenvalue weighted by atomic mass is 16.2. The van der Waals surface area contributed by atoms with Crippen molar-refractivity contribution >= 4 is 40.0 Å². The Bertz CT molecular complexity index is 1710. The SMILES string of the molecule is C=C1C(=O)N(c2nc(-c3ccccc3)c3ccccc3n2)c2ccccc2N1C(=O)c1ccccc1C. The van der Waals surface area contributed by atoms with Gasteiger partial charge in [0.15, 0.2) is 0 Å². The van der Waals surface area contributed by atoms with E-state index in [2.05, 4.69) is 6.58 Å². The number of aryl methyl sites for hydroxylation is 1. The quantitative estimate of drug-likeness (QED) is 0.278. The van der Waals surface area contributed by atoms with Gasteiger partial charge in [-0.05, 0) is 36.8 Å². The third-order valence-corrected chi connectivity index (χ3v) is 6.50. The normalized spacial score (nSPS) is 13.1. The molecular formula is C31H22N4O2. The number of hydrogen-bond donors (Lipinski definition) is 0. The Balaban J connectivity index is 1.54. The maximum Gasteiger partial charge on any atom is 0.281 e. The van der Waals surface area contributed by atoms with Crippen molar-refractivity contribution in [1.82, 2.24) is 9.97 Å². The average molecular weight is 483 g/mol. The van der Waals surface area contributed by atoms with Crippen LogP contribution in [0, 0.1) is 6.92 Å². The van der Waals surface area contributed by atoms with Gasteiger partial charge in [-0.3, -0.25) is 14.5 Å². The van der Waals surface area contributed by atoms with Crippen molar-refractivity contribution in [3.05, 3.63) is 127 Å². The minimum absolute atomic E-state index is 0.0324. The van der Waals surface area contributed by atoms with Crippen LogP contribution in [0.4, 0.5) is 17.3 Å². The van der Waals surface area contributed by atoms with Crippen LogP contribution in [0.1, 0.15) is 15.9 Å². The number of amides is 2. The van der Waals surface area contributed by atoms with Crippen molar-refractivity contribution in [1.29, 1.82) is 0 Å². The van der Waals surface area contributed by atoms with Gasteiger partial charge in [-0.25, -0.2) is 14.9 Å². The van der Waals surface area contributed by atoms with Gasteiger partial charge in [0.25, 0.3) is 11.8 Å². The van der Waals surface area contributed by atoms with Crippen LogP contribution in [0.3, 0.4) is 0 Å². The van der Waals surface area contributed by atoms with Gasteiger partial charge >= 0.3 is 0 Å². The summed E-state index contributed by atoms with van der Waals surface area (Å²) in [4.78, 5) is 40.0. The fourth-order valence-electron chi connectivity index (χ4n) is 4.67. The summed E-state index contributed by atoms with van der Waals surface area (Å²) in [6, 6.07) is 32.1. The second-order valence-electron chi connectivity index (χ2n) is 8.79. The summed E-state index contributed by atoms with van der Waals surface area (Å²) in [6.07, 6.45) is 0. The molecule has 1 aromatic heterocycles. The zero-order valence-corrected chi connectivity index (χ0v) is 20.1. The minimum atomic E-state index is -0.463. The molecule has 0 spiro atoms. The molecule has 6 nitrogen and oxygen atoms in total. The molecule has 0 bridgehead atoms. The van der Waals surface area contributed by atoms with Gasteiger partial charge in [-0.2, -0.15) is 0 Å². The first-order valence-corrected chi connectivity index (χ1v) is 11.9. The molecular weight excluding hydrogens is 460 g/mol. The number of aromatic nitrogens is 2. The first kappa shape index (κ1) is 22.4. The second-order valence-corrected chi connectivity index (χ2v) is 8.79. The topological polar surface area (TPSA) is 66.4 Å². The predicted molar refractivity (Wildman–Crippen MR) is 146 cm³/mol. The van der Waals surface area contributed by atoms with Crippen molar-refractivity contribution < 1.29 is 9.59 Å². The molecule has 0 radical (unpaired) electrons. The Labute approximate surface area is 214 Å². The van der Waals surface area contributed by atoms with E-state index in [1.807, 2.05) is 85.8 Å². The standard InChI is InChI=1S/C31H22N4O2/c1-20-12-6-7-15-23(20)30(37)34-21(2)29(36)35(27-19-11-10-18-26(27)34)31-32-25-17-9-8-16-24(25)28(33-31)22-13-4-3-5-14-22/h3-19H,2H2,1H3. The van der Waals surface area contributed by atoms with Crippen LogP contribution in [0.25, 0.3) is 22.2 Å². The minimum Gasteiger partial charge on any atom is -0.270 e. The molecule has 6 heteroatoms. The molecule has 0 N–H and O–H groups in total. The number of nitrogens with zero attached hydrogens (tertiary/aromatic N) is 4. The fraction of sp³-hybridized carbons (Fsp3) is 0.0323. The largest absolute Gasteiger partial charge is 0.281 e. The van der Waals surface area contributed by atoms with E-state index >= 15 is 0 Å². The van der Waals surface area contributed by atoms with Crippen LogP contribution in [0.15, 0.2) is 115 Å². The summed E-state index contributed by atoms with van der Waals surface area (Å²) in [5, 5.41) is 0.880. The van der Waals surface area contributed by atoms with Crippen LogP contribution in [-0.2, 0) is 4.79 Å².